The number of hydrogen-bond donors (Lipinski definition) is 1. The van der Waals surface area contributed by atoms with E-state index in [2.05, 4.69) is 5.32 Å². The first-order valence-corrected chi connectivity index (χ1v) is 9.74. The van der Waals surface area contributed by atoms with Gasteiger partial charge in [-0.05, 0) is 49.9 Å². The van der Waals surface area contributed by atoms with Crippen LogP contribution in [-0.4, -0.2) is 23.4 Å². The maximum Gasteiger partial charge on any atom is 0.338 e. The maximum absolute atomic E-state index is 13.1. The van der Waals surface area contributed by atoms with Gasteiger partial charge in [-0.15, -0.1) is 0 Å². The molecule has 0 spiro atoms. The minimum Gasteiger partial charge on any atom is -0.462 e. The van der Waals surface area contributed by atoms with Crippen molar-refractivity contribution < 1.29 is 19.2 Å². The van der Waals surface area contributed by atoms with Crippen molar-refractivity contribution in [1.29, 1.82) is 0 Å². The summed E-state index contributed by atoms with van der Waals surface area (Å²) < 4.78 is 4.94. The third-order valence-electron chi connectivity index (χ3n) is 5.23. The van der Waals surface area contributed by atoms with Crippen molar-refractivity contribution in [2.45, 2.75) is 32.6 Å². The minimum absolute atomic E-state index is 0.0176. The van der Waals surface area contributed by atoms with E-state index in [-0.39, 0.29) is 29.5 Å². The van der Waals surface area contributed by atoms with Crippen molar-refractivity contribution >= 4 is 34.9 Å². The van der Waals surface area contributed by atoms with E-state index in [0.29, 0.717) is 24.3 Å². The first kappa shape index (κ1) is 20.8. The molecule has 0 heterocycles. The molecule has 0 bridgehead atoms. The Morgan fingerprint density at radius 3 is 2.55 bits per heavy atom. The number of rotatable bonds is 7. The van der Waals surface area contributed by atoms with Gasteiger partial charge >= 0.3 is 5.97 Å². The summed E-state index contributed by atoms with van der Waals surface area (Å²) >= 11 is 6.26. The number of nitro groups is 1. The fraction of sp³-hybridized carbons (Fsp3) is 0.333. The molecule has 8 heteroatoms. The molecule has 1 fully saturated rings. The van der Waals surface area contributed by atoms with Crippen LogP contribution in [0.25, 0.3) is 0 Å². The number of carbonyl (C=O) groups is 2. The van der Waals surface area contributed by atoms with Crippen LogP contribution in [0.5, 0.6) is 0 Å². The molecule has 1 aliphatic rings. The van der Waals surface area contributed by atoms with E-state index < -0.39 is 16.3 Å². The van der Waals surface area contributed by atoms with Gasteiger partial charge in [0, 0.05) is 11.1 Å². The summed E-state index contributed by atoms with van der Waals surface area (Å²) in [5.41, 5.74) is 0.0219. The Balaban J connectivity index is 1.88. The summed E-state index contributed by atoms with van der Waals surface area (Å²) in [6.07, 6.45) is 2.66. The molecule has 0 unspecified atom stereocenters. The van der Waals surface area contributed by atoms with E-state index in [1.54, 1.807) is 13.0 Å². The highest BCUT2D eigenvalue weighted by molar-refractivity contribution is 6.31. The molecule has 152 valence electrons. The van der Waals surface area contributed by atoms with Crippen molar-refractivity contribution in [2.75, 3.05) is 11.9 Å². The van der Waals surface area contributed by atoms with Crippen LogP contribution in [0.15, 0.2) is 42.5 Å². The van der Waals surface area contributed by atoms with Crippen LogP contribution in [0.1, 0.15) is 42.1 Å². The first-order valence-electron chi connectivity index (χ1n) is 9.37. The number of amides is 1. The Morgan fingerprint density at radius 2 is 1.97 bits per heavy atom. The Morgan fingerprint density at radius 1 is 1.24 bits per heavy atom. The van der Waals surface area contributed by atoms with E-state index >= 15 is 0 Å². The number of esters is 1. The SMILES string of the molecule is CCOC(=O)c1ccc([N+](=O)[O-])c(NC(=O)C2(Cc3ccccc3Cl)CCC2)c1. The number of ether oxygens (including phenoxy) is 1. The molecular formula is C21H21ClN2O5. The van der Waals surface area contributed by atoms with Gasteiger partial charge in [-0.1, -0.05) is 36.2 Å². The third-order valence-corrected chi connectivity index (χ3v) is 5.60. The number of halogens is 1. The largest absolute Gasteiger partial charge is 0.462 e. The quantitative estimate of drug-likeness (QED) is 0.398. The standard InChI is InChI=1S/C21H21ClN2O5/c1-2-29-19(25)14-8-9-18(24(27)28)17(12-14)23-20(26)21(10-5-11-21)13-15-6-3-4-7-16(15)22/h3-4,6-9,12H,2,5,10-11,13H2,1H3,(H,23,26). The molecule has 2 aromatic rings. The van der Waals surface area contributed by atoms with Gasteiger partial charge in [0.2, 0.25) is 5.91 Å². The van der Waals surface area contributed by atoms with Gasteiger partial charge in [0.25, 0.3) is 5.69 Å². The molecule has 7 nitrogen and oxygen atoms in total. The smallest absolute Gasteiger partial charge is 0.338 e. The van der Waals surface area contributed by atoms with Crippen molar-refractivity contribution in [3.63, 3.8) is 0 Å². The van der Waals surface area contributed by atoms with Crippen molar-refractivity contribution in [3.05, 3.63) is 68.7 Å². The number of carbonyl (C=O) groups excluding carboxylic acids is 2. The second kappa shape index (κ2) is 8.61. The number of nitro benzene ring substituents is 1. The van der Waals surface area contributed by atoms with E-state index in [1.807, 2.05) is 18.2 Å². The molecule has 0 atom stereocenters. The molecule has 0 aromatic heterocycles. The van der Waals surface area contributed by atoms with Gasteiger partial charge < -0.3 is 10.1 Å². The van der Waals surface area contributed by atoms with Crippen LogP contribution in [0.4, 0.5) is 11.4 Å². The van der Waals surface area contributed by atoms with Crippen LogP contribution in [0.3, 0.4) is 0 Å². The average molecular weight is 417 g/mol. The number of hydrogen-bond acceptors (Lipinski definition) is 5. The molecule has 0 radical (unpaired) electrons. The van der Waals surface area contributed by atoms with Crippen LogP contribution < -0.4 is 5.32 Å². The average Bonchev–Trinajstić information content (AvgIpc) is 2.65. The van der Waals surface area contributed by atoms with E-state index in [4.69, 9.17) is 16.3 Å². The zero-order valence-electron chi connectivity index (χ0n) is 15.9. The van der Waals surface area contributed by atoms with Crippen molar-refractivity contribution in [3.8, 4) is 0 Å². The molecule has 29 heavy (non-hydrogen) atoms. The summed E-state index contributed by atoms with van der Waals surface area (Å²) in [4.78, 5) is 35.9. The Hall–Kier alpha value is -2.93. The fourth-order valence-corrected chi connectivity index (χ4v) is 3.69. The summed E-state index contributed by atoms with van der Waals surface area (Å²) in [6.45, 7) is 1.85. The molecule has 3 rings (SSSR count). The molecular weight excluding hydrogens is 396 g/mol. The van der Waals surface area contributed by atoms with Crippen LogP contribution in [0, 0.1) is 15.5 Å². The lowest BCUT2D eigenvalue weighted by Gasteiger charge is -2.40. The lowest BCUT2D eigenvalue weighted by molar-refractivity contribution is -0.383. The highest BCUT2D eigenvalue weighted by atomic mass is 35.5. The zero-order valence-corrected chi connectivity index (χ0v) is 16.7. The van der Waals surface area contributed by atoms with Crippen LogP contribution in [0.2, 0.25) is 5.02 Å². The summed E-state index contributed by atoms with van der Waals surface area (Å²) in [6, 6.07) is 11.1. The summed E-state index contributed by atoms with van der Waals surface area (Å²) in [5, 5.41) is 14.7. The Labute approximate surface area is 173 Å². The van der Waals surface area contributed by atoms with Gasteiger partial charge in [-0.25, -0.2) is 4.79 Å². The topological polar surface area (TPSA) is 98.5 Å². The second-order valence-corrected chi connectivity index (χ2v) is 7.47. The summed E-state index contributed by atoms with van der Waals surface area (Å²) in [5.74, 6) is -0.917. The van der Waals surface area contributed by atoms with Gasteiger partial charge in [-0.3, -0.25) is 14.9 Å². The normalized spacial score (nSPS) is 14.6. The van der Waals surface area contributed by atoms with Crippen LogP contribution in [-0.2, 0) is 16.0 Å². The fourth-order valence-electron chi connectivity index (χ4n) is 3.49. The molecule has 0 aliphatic heterocycles. The van der Waals surface area contributed by atoms with E-state index in [1.165, 1.54) is 18.2 Å². The number of nitrogens with zero attached hydrogens (tertiary/aromatic N) is 1. The monoisotopic (exact) mass is 416 g/mol. The van der Waals surface area contributed by atoms with Crippen LogP contribution >= 0.6 is 11.6 Å². The Bertz CT molecular complexity index is 956. The maximum atomic E-state index is 13.1. The van der Waals surface area contributed by atoms with E-state index in [9.17, 15) is 19.7 Å². The first-order chi connectivity index (χ1) is 13.9. The van der Waals surface area contributed by atoms with Gasteiger partial charge in [-0.2, -0.15) is 0 Å². The molecule has 1 saturated carbocycles. The van der Waals surface area contributed by atoms with Crippen molar-refractivity contribution in [1.82, 2.24) is 0 Å². The highest BCUT2D eigenvalue weighted by Gasteiger charge is 2.44. The highest BCUT2D eigenvalue weighted by Crippen LogP contribution is 2.46. The minimum atomic E-state index is -0.682. The number of nitrogens with one attached hydrogen (secondary N) is 1. The van der Waals surface area contributed by atoms with Gasteiger partial charge in [0.1, 0.15) is 5.69 Å². The lowest BCUT2D eigenvalue weighted by Crippen LogP contribution is -2.43. The number of anilines is 1. The Kier molecular flexibility index (Phi) is 6.17. The molecule has 1 aliphatic carbocycles. The lowest BCUT2D eigenvalue weighted by atomic mass is 9.64. The third kappa shape index (κ3) is 4.40. The summed E-state index contributed by atoms with van der Waals surface area (Å²) in [7, 11) is 0. The van der Waals surface area contributed by atoms with Gasteiger partial charge in [0.05, 0.1) is 22.5 Å². The second-order valence-electron chi connectivity index (χ2n) is 7.07. The predicted molar refractivity (Wildman–Crippen MR) is 109 cm³/mol. The molecule has 0 saturated heterocycles. The number of benzene rings is 2. The van der Waals surface area contributed by atoms with E-state index in [0.717, 1.165) is 12.0 Å². The molecule has 1 amide bonds. The molecule has 1 N–H and O–H groups in total. The predicted octanol–water partition coefficient (Wildman–Crippen LogP) is 4.78. The molecule has 2 aromatic carbocycles. The zero-order chi connectivity index (χ0) is 21.0. The van der Waals surface area contributed by atoms with Gasteiger partial charge in [0.15, 0.2) is 0 Å². The van der Waals surface area contributed by atoms with Crippen molar-refractivity contribution in [2.24, 2.45) is 5.41 Å².